The lowest BCUT2D eigenvalue weighted by Crippen LogP contribution is -2.23. The van der Waals surface area contributed by atoms with Gasteiger partial charge in [0.1, 0.15) is 23.0 Å². The van der Waals surface area contributed by atoms with Crippen molar-refractivity contribution in [2.24, 2.45) is 0 Å². The zero-order chi connectivity index (χ0) is 55.4. The smallest absolute Gasteiger partial charge is 0.326 e. The van der Waals surface area contributed by atoms with Gasteiger partial charge in [-0.2, -0.15) is 0 Å². The Morgan fingerprint density at radius 2 is 0.392 bits per heavy atom. The minimum Gasteiger partial charge on any atom is -0.435 e. The number of rotatable bonds is 11. The maximum absolute atomic E-state index is 7.60. The summed E-state index contributed by atoms with van der Waals surface area (Å²) in [5.41, 5.74) is 9.83. The van der Waals surface area contributed by atoms with Gasteiger partial charge in [-0.1, -0.05) is 263 Å². The summed E-state index contributed by atoms with van der Waals surface area (Å²) in [5, 5.41) is 1.96. The van der Waals surface area contributed by atoms with Gasteiger partial charge in [0.25, 0.3) is 0 Å². The van der Waals surface area contributed by atoms with Crippen LogP contribution in [0.15, 0.2) is 121 Å². The number of benzene rings is 6. The molecule has 0 bridgehead atoms. The Bertz CT molecular complexity index is 2440. The molecule has 0 aliphatic rings. The molecule has 0 atom stereocenters. The van der Waals surface area contributed by atoms with E-state index in [4.69, 9.17) is 18.1 Å². The zero-order valence-corrected chi connectivity index (χ0v) is 51.9. The van der Waals surface area contributed by atoms with Crippen LogP contribution in [0.3, 0.4) is 0 Å². The van der Waals surface area contributed by atoms with E-state index in [0.29, 0.717) is 0 Å². The maximum Gasteiger partial charge on any atom is 0.326 e. The molecule has 6 rings (SSSR count). The van der Waals surface area contributed by atoms with Crippen LogP contribution >= 0.6 is 16.8 Å². The van der Waals surface area contributed by atoms with Gasteiger partial charge in [-0.25, -0.2) is 0 Å². The van der Waals surface area contributed by atoms with Gasteiger partial charge >= 0.3 is 16.8 Å². The van der Waals surface area contributed by atoms with Crippen molar-refractivity contribution < 1.29 is 18.1 Å². The summed E-state index contributed by atoms with van der Waals surface area (Å²) >= 11 is 0. The molecule has 4 nitrogen and oxygen atoms in total. The predicted octanol–water partition coefficient (Wildman–Crippen LogP) is 19.9. The number of hydrogen-bond acceptors (Lipinski definition) is 4. The van der Waals surface area contributed by atoms with Crippen molar-refractivity contribution in [3.63, 3.8) is 0 Å². The summed E-state index contributed by atoms with van der Waals surface area (Å²) in [7, 11) is -3.52. The van der Waals surface area contributed by atoms with Crippen LogP contribution < -0.4 is 28.7 Å². The largest absolute Gasteiger partial charge is 0.435 e. The Hall–Kier alpha value is -4.62. The van der Waals surface area contributed by atoms with Crippen molar-refractivity contribution in [1.82, 2.24) is 0 Å². The Balaban J connectivity index is 1.61. The van der Waals surface area contributed by atoms with Crippen molar-refractivity contribution in [2.45, 2.75) is 209 Å². The quantitative estimate of drug-likeness (QED) is 0.121. The molecular weight excluding hydrogens is 943 g/mol. The van der Waals surface area contributed by atoms with E-state index in [1.54, 1.807) is 0 Å². The van der Waals surface area contributed by atoms with E-state index in [2.05, 4.69) is 287 Å². The molecule has 6 aromatic rings. The normalized spacial score (nSPS) is 13.4. The average molecular weight is 1040 g/mol. The SMILES string of the molecule is CC(C)(C)c1cccc(C(C)(C)C)c1OP(Oc1c(C(C)(C)C)cccc1C(C)(C)C)c1cccc(-c2cccc(P(Oc3c(C(C)(C)C)cccc3C(C)(C)C)Oc3c(C(C)(C)C)cccc3C(C)(C)C)c2)c1. The molecule has 0 fully saturated rings. The van der Waals surface area contributed by atoms with Crippen LogP contribution in [0.4, 0.5) is 0 Å². The lowest BCUT2D eigenvalue weighted by Gasteiger charge is -2.34. The first-order chi connectivity index (χ1) is 33.8. The summed E-state index contributed by atoms with van der Waals surface area (Å²) in [5.74, 6) is 3.58. The summed E-state index contributed by atoms with van der Waals surface area (Å²) in [4.78, 5) is 0. The molecule has 74 heavy (non-hydrogen) atoms. The van der Waals surface area contributed by atoms with E-state index in [9.17, 15) is 0 Å². The molecular formula is C68H92O4P2. The molecule has 0 spiro atoms. The molecule has 0 radical (unpaired) electrons. The molecule has 6 heteroatoms. The molecule has 0 saturated carbocycles. The molecule has 6 aromatic carbocycles. The van der Waals surface area contributed by atoms with E-state index in [-0.39, 0.29) is 43.3 Å². The second kappa shape index (κ2) is 21.1. The predicted molar refractivity (Wildman–Crippen MR) is 323 cm³/mol. The van der Waals surface area contributed by atoms with Crippen LogP contribution in [0, 0.1) is 0 Å². The van der Waals surface area contributed by atoms with Gasteiger partial charge in [0, 0.05) is 44.5 Å². The summed E-state index contributed by atoms with van der Waals surface area (Å²) in [6.45, 7) is 54.4. The minimum atomic E-state index is -1.76. The highest BCUT2D eigenvalue weighted by molar-refractivity contribution is 7.57. The zero-order valence-electron chi connectivity index (χ0n) is 50.1. The average Bonchev–Trinajstić information content (AvgIpc) is 3.26. The van der Waals surface area contributed by atoms with Gasteiger partial charge in [0.15, 0.2) is 0 Å². The van der Waals surface area contributed by atoms with Gasteiger partial charge in [-0.05, 0) is 78.7 Å². The standard InChI is InChI=1S/C68H92O4P2/c1-61(2,3)49-35-27-36-50(62(4,5)6)57(49)69-73(70-58-51(63(7,8)9)37-28-38-52(58)64(10,11)12)47-33-25-31-45(43-47)46-32-26-34-48(44-46)74(71-59-53(65(13,14)15)39-29-40-54(59)66(16,17)18)72-60-55(67(19,20)21)41-30-42-56(60)68(22,23)24/h25-44H,1-24H3. The van der Waals surface area contributed by atoms with Crippen molar-refractivity contribution in [3.05, 3.63) is 166 Å². The van der Waals surface area contributed by atoms with Gasteiger partial charge in [0.05, 0.1) is 10.6 Å². The lowest BCUT2D eigenvalue weighted by molar-refractivity contribution is 0.442. The van der Waals surface area contributed by atoms with Gasteiger partial charge in [0.2, 0.25) is 0 Å². The molecule has 0 heterocycles. The molecule has 0 unspecified atom stereocenters. The van der Waals surface area contributed by atoms with Crippen molar-refractivity contribution >= 4 is 27.4 Å². The van der Waals surface area contributed by atoms with E-state index < -0.39 is 16.8 Å². The van der Waals surface area contributed by atoms with Crippen molar-refractivity contribution in [2.75, 3.05) is 0 Å². The van der Waals surface area contributed by atoms with Gasteiger partial charge in [-0.3, -0.25) is 0 Å². The van der Waals surface area contributed by atoms with Crippen LogP contribution in [0.25, 0.3) is 11.1 Å². The third-order valence-electron chi connectivity index (χ3n) is 13.7. The fourth-order valence-corrected chi connectivity index (χ4v) is 12.3. The van der Waals surface area contributed by atoms with Crippen LogP contribution in [0.5, 0.6) is 23.0 Å². The van der Waals surface area contributed by atoms with E-state index in [0.717, 1.165) is 89.2 Å². The third-order valence-corrected chi connectivity index (χ3v) is 16.5. The fourth-order valence-electron chi connectivity index (χ4n) is 9.44. The van der Waals surface area contributed by atoms with Gasteiger partial charge < -0.3 is 18.1 Å². The second-order valence-electron chi connectivity index (χ2n) is 28.7. The molecule has 0 amide bonds. The Morgan fingerprint density at radius 1 is 0.230 bits per heavy atom. The molecule has 398 valence electrons. The van der Waals surface area contributed by atoms with Crippen LogP contribution in [-0.2, 0) is 43.3 Å². The molecule has 0 saturated heterocycles. The summed E-state index contributed by atoms with van der Waals surface area (Å²) in [6, 6.07) is 44.1. The van der Waals surface area contributed by atoms with Gasteiger partial charge in [-0.15, -0.1) is 0 Å². The fraction of sp³-hybridized carbons (Fsp3) is 0.471. The maximum atomic E-state index is 7.60. The highest BCUT2D eigenvalue weighted by atomic mass is 31.2. The van der Waals surface area contributed by atoms with Crippen molar-refractivity contribution in [1.29, 1.82) is 0 Å². The van der Waals surface area contributed by atoms with E-state index in [1.807, 2.05) is 0 Å². The second-order valence-corrected chi connectivity index (χ2v) is 31.5. The number of para-hydroxylation sites is 4. The monoisotopic (exact) mass is 1030 g/mol. The lowest BCUT2D eigenvalue weighted by atomic mass is 9.79. The van der Waals surface area contributed by atoms with Crippen LogP contribution in [-0.4, -0.2) is 0 Å². The molecule has 0 aliphatic heterocycles. The molecule has 0 aliphatic carbocycles. The summed E-state index contributed by atoms with van der Waals surface area (Å²) in [6.07, 6.45) is 0. The Labute approximate surface area is 452 Å². The highest BCUT2D eigenvalue weighted by Crippen LogP contribution is 2.54. The van der Waals surface area contributed by atoms with Crippen LogP contribution in [0.1, 0.15) is 211 Å². The van der Waals surface area contributed by atoms with Crippen LogP contribution in [0.2, 0.25) is 0 Å². The first-order valence-electron chi connectivity index (χ1n) is 26.9. The first-order valence-corrected chi connectivity index (χ1v) is 29.2. The molecule has 0 aromatic heterocycles. The Morgan fingerprint density at radius 3 is 0.554 bits per heavy atom. The highest BCUT2D eigenvalue weighted by Gasteiger charge is 2.36. The van der Waals surface area contributed by atoms with E-state index in [1.165, 1.54) is 0 Å². The number of hydrogen-bond donors (Lipinski definition) is 0. The first kappa shape index (κ1) is 58.6. The van der Waals surface area contributed by atoms with Crippen molar-refractivity contribution in [3.8, 4) is 34.1 Å². The van der Waals surface area contributed by atoms with E-state index >= 15 is 0 Å². The topological polar surface area (TPSA) is 36.9 Å². The third kappa shape index (κ3) is 13.7. The Kier molecular flexibility index (Phi) is 16.7. The summed E-state index contributed by atoms with van der Waals surface area (Å²) < 4.78 is 30.4. The minimum absolute atomic E-state index is 0.190. The molecule has 0 N–H and O–H groups in total.